The Bertz CT molecular complexity index is 913. The van der Waals surface area contributed by atoms with Crippen LogP contribution in [0.3, 0.4) is 0 Å². The zero-order valence-electron chi connectivity index (χ0n) is 14.0. The molecule has 0 saturated heterocycles. The Morgan fingerprint density at radius 3 is 2.72 bits per heavy atom. The number of hydrogen-bond acceptors (Lipinski definition) is 2. The first-order valence-electron chi connectivity index (χ1n) is 8.07. The van der Waals surface area contributed by atoms with E-state index in [1.165, 1.54) is 24.3 Å². The lowest BCUT2D eigenvalue weighted by molar-refractivity contribution is 0.101. The molecule has 0 spiro atoms. The lowest BCUT2D eigenvalue weighted by Gasteiger charge is -2.09. The smallest absolute Gasteiger partial charge is 0.272 e. The molecular weight excluding hydrogens is 319 g/mol. The molecule has 4 nitrogen and oxygen atoms in total. The zero-order chi connectivity index (χ0) is 17.8. The predicted molar refractivity (Wildman–Crippen MR) is 97.7 cm³/mol. The molecule has 1 N–H and O–H groups in total. The summed E-state index contributed by atoms with van der Waals surface area (Å²) in [4.78, 5) is 12.7. The summed E-state index contributed by atoms with van der Waals surface area (Å²) in [7, 11) is 0. The first kappa shape index (κ1) is 16.8. The Labute approximate surface area is 145 Å². The second-order valence-corrected chi connectivity index (χ2v) is 5.51. The molecule has 1 amide bonds. The molecule has 0 aliphatic heterocycles. The molecule has 2 aromatic carbocycles. The van der Waals surface area contributed by atoms with Crippen molar-refractivity contribution in [1.82, 2.24) is 4.57 Å². The molecule has 0 aliphatic carbocycles. The quantitative estimate of drug-likeness (QED) is 0.667. The molecule has 0 fully saturated rings. The van der Waals surface area contributed by atoms with Crippen LogP contribution in [0, 0.1) is 5.82 Å². The van der Waals surface area contributed by atoms with E-state index < -0.39 is 0 Å². The van der Waals surface area contributed by atoms with Gasteiger partial charge in [-0.3, -0.25) is 4.79 Å². The van der Waals surface area contributed by atoms with Gasteiger partial charge in [0.2, 0.25) is 0 Å². The summed E-state index contributed by atoms with van der Waals surface area (Å²) in [6.07, 6.45) is 1.74. The second kappa shape index (κ2) is 7.21. The summed E-state index contributed by atoms with van der Waals surface area (Å²) in [5.74, 6) is 0.117. The van der Waals surface area contributed by atoms with E-state index in [1.807, 2.05) is 35.8 Å². The molecule has 3 rings (SSSR count). The molecule has 0 bridgehead atoms. The van der Waals surface area contributed by atoms with Gasteiger partial charge in [-0.25, -0.2) is 4.39 Å². The van der Waals surface area contributed by atoms with E-state index in [0.29, 0.717) is 24.5 Å². The fourth-order valence-corrected chi connectivity index (χ4v) is 2.78. The summed E-state index contributed by atoms with van der Waals surface area (Å²) in [5, 5.41) is 3.67. The van der Waals surface area contributed by atoms with Crippen molar-refractivity contribution >= 4 is 22.5 Å². The molecule has 0 saturated carbocycles. The number of nitrogens with one attached hydrogen (secondary N) is 1. The highest BCUT2D eigenvalue weighted by Gasteiger charge is 2.17. The van der Waals surface area contributed by atoms with E-state index in [-0.39, 0.29) is 11.7 Å². The van der Waals surface area contributed by atoms with Crippen molar-refractivity contribution in [2.75, 3.05) is 11.9 Å². The van der Waals surface area contributed by atoms with E-state index in [4.69, 9.17) is 4.74 Å². The number of carbonyl (C=O) groups excluding carboxylic acids is 1. The van der Waals surface area contributed by atoms with Gasteiger partial charge in [0.15, 0.2) is 0 Å². The van der Waals surface area contributed by atoms with Gasteiger partial charge >= 0.3 is 0 Å². The third kappa shape index (κ3) is 3.40. The lowest BCUT2D eigenvalue weighted by Crippen LogP contribution is -2.16. The number of halogens is 1. The number of carbonyl (C=O) groups is 1. The molecule has 0 atom stereocenters. The first-order valence-corrected chi connectivity index (χ1v) is 8.07. The minimum absolute atomic E-state index is 0.271. The average Bonchev–Trinajstić information content (AvgIpc) is 2.98. The fraction of sp³-hybridized carbons (Fsp3) is 0.150. The van der Waals surface area contributed by atoms with Crippen LogP contribution in [0.25, 0.3) is 10.9 Å². The summed E-state index contributed by atoms with van der Waals surface area (Å²) in [6.45, 7) is 6.72. The predicted octanol–water partition coefficient (Wildman–Crippen LogP) is 4.62. The number of fused-ring (bicyclic) bond motifs is 1. The van der Waals surface area contributed by atoms with Gasteiger partial charge in [-0.05, 0) is 49.4 Å². The van der Waals surface area contributed by atoms with Crippen LogP contribution in [-0.2, 0) is 6.54 Å². The molecule has 0 unspecified atom stereocenters. The molecule has 1 heterocycles. The van der Waals surface area contributed by atoms with Gasteiger partial charge in [0.25, 0.3) is 5.91 Å². The maximum atomic E-state index is 13.0. The van der Waals surface area contributed by atoms with Crippen LogP contribution in [0.5, 0.6) is 5.75 Å². The van der Waals surface area contributed by atoms with Gasteiger partial charge in [-0.15, -0.1) is 6.58 Å². The molecule has 128 valence electrons. The summed E-state index contributed by atoms with van der Waals surface area (Å²) < 4.78 is 20.6. The van der Waals surface area contributed by atoms with Crippen molar-refractivity contribution in [3.05, 3.63) is 72.7 Å². The number of allylic oxidation sites excluding steroid dienone is 1. The number of hydrogen-bond donors (Lipinski definition) is 1. The molecular formula is C20H19FN2O2. The number of anilines is 1. The van der Waals surface area contributed by atoms with E-state index >= 15 is 0 Å². The van der Waals surface area contributed by atoms with Crippen LogP contribution in [0.2, 0.25) is 0 Å². The summed E-state index contributed by atoms with van der Waals surface area (Å²) in [6, 6.07) is 13.2. The molecule has 5 heteroatoms. The van der Waals surface area contributed by atoms with Gasteiger partial charge < -0.3 is 14.6 Å². The monoisotopic (exact) mass is 338 g/mol. The number of nitrogens with zero attached hydrogens (tertiary/aromatic N) is 1. The van der Waals surface area contributed by atoms with Crippen LogP contribution < -0.4 is 10.1 Å². The zero-order valence-corrected chi connectivity index (χ0v) is 14.0. The topological polar surface area (TPSA) is 43.3 Å². The Morgan fingerprint density at radius 2 is 2.04 bits per heavy atom. The molecule has 25 heavy (non-hydrogen) atoms. The highest BCUT2D eigenvalue weighted by Crippen LogP contribution is 2.29. The molecule has 0 aliphatic rings. The second-order valence-electron chi connectivity index (χ2n) is 5.51. The van der Waals surface area contributed by atoms with Crippen molar-refractivity contribution < 1.29 is 13.9 Å². The summed E-state index contributed by atoms with van der Waals surface area (Å²) >= 11 is 0. The maximum Gasteiger partial charge on any atom is 0.272 e. The largest absolute Gasteiger partial charge is 0.493 e. The standard InChI is InChI=1S/C20H19FN2O2/c1-3-12-23-17-6-5-7-19(25-4-2)16(17)13-18(23)20(24)22-15-10-8-14(21)9-11-15/h3,5-11,13H,1,4,12H2,2H3,(H,22,24). The van der Waals surface area contributed by atoms with Crippen LogP contribution in [0.1, 0.15) is 17.4 Å². The molecule has 1 aromatic heterocycles. The SMILES string of the molecule is C=CCn1c(C(=O)Nc2ccc(F)cc2)cc2c(OCC)cccc21. The van der Waals surface area contributed by atoms with Crippen LogP contribution in [-0.4, -0.2) is 17.1 Å². The number of amides is 1. The van der Waals surface area contributed by atoms with E-state index in [9.17, 15) is 9.18 Å². The van der Waals surface area contributed by atoms with Crippen molar-refractivity contribution in [2.45, 2.75) is 13.5 Å². The number of aromatic nitrogens is 1. The Hall–Kier alpha value is -3.08. The van der Waals surface area contributed by atoms with Crippen molar-refractivity contribution in [3.8, 4) is 5.75 Å². The number of benzene rings is 2. The summed E-state index contributed by atoms with van der Waals surface area (Å²) in [5.41, 5.74) is 1.92. The molecule has 3 aromatic rings. The third-order valence-electron chi connectivity index (χ3n) is 3.85. The lowest BCUT2D eigenvalue weighted by atomic mass is 10.2. The minimum atomic E-state index is -0.347. The van der Waals surface area contributed by atoms with E-state index in [0.717, 1.165) is 16.7 Å². The maximum absolute atomic E-state index is 13.0. The van der Waals surface area contributed by atoms with Gasteiger partial charge in [0, 0.05) is 17.6 Å². The van der Waals surface area contributed by atoms with E-state index in [1.54, 1.807) is 6.08 Å². The van der Waals surface area contributed by atoms with Crippen molar-refractivity contribution in [2.24, 2.45) is 0 Å². The van der Waals surface area contributed by atoms with Gasteiger partial charge in [0.05, 0.1) is 12.1 Å². The van der Waals surface area contributed by atoms with Crippen LogP contribution in [0.15, 0.2) is 61.2 Å². The average molecular weight is 338 g/mol. The number of ether oxygens (including phenoxy) is 1. The van der Waals surface area contributed by atoms with Gasteiger partial charge in [-0.2, -0.15) is 0 Å². The third-order valence-corrected chi connectivity index (χ3v) is 3.85. The first-order chi connectivity index (χ1) is 12.1. The normalized spacial score (nSPS) is 10.6. The van der Waals surface area contributed by atoms with Crippen LogP contribution in [0.4, 0.5) is 10.1 Å². The Balaban J connectivity index is 2.02. The van der Waals surface area contributed by atoms with Crippen LogP contribution >= 0.6 is 0 Å². The highest BCUT2D eigenvalue weighted by molar-refractivity contribution is 6.07. The minimum Gasteiger partial charge on any atom is -0.493 e. The van der Waals surface area contributed by atoms with Crippen molar-refractivity contribution in [1.29, 1.82) is 0 Å². The van der Waals surface area contributed by atoms with Gasteiger partial charge in [0.1, 0.15) is 17.3 Å². The fourth-order valence-electron chi connectivity index (χ4n) is 2.78. The molecule has 0 radical (unpaired) electrons. The highest BCUT2D eigenvalue weighted by atomic mass is 19.1. The Kier molecular flexibility index (Phi) is 4.84. The number of rotatable bonds is 6. The van der Waals surface area contributed by atoms with E-state index in [2.05, 4.69) is 11.9 Å². The Morgan fingerprint density at radius 1 is 1.28 bits per heavy atom. The van der Waals surface area contributed by atoms with Crippen molar-refractivity contribution in [3.63, 3.8) is 0 Å². The van der Waals surface area contributed by atoms with Gasteiger partial charge in [-0.1, -0.05) is 12.1 Å².